The van der Waals surface area contributed by atoms with Crippen molar-refractivity contribution in [3.8, 4) is 0 Å². The maximum absolute atomic E-state index is 12.6. The van der Waals surface area contributed by atoms with E-state index in [1.54, 1.807) is 6.92 Å². The monoisotopic (exact) mass is 378 g/mol. The summed E-state index contributed by atoms with van der Waals surface area (Å²) in [4.78, 5) is 24.5. The van der Waals surface area contributed by atoms with Crippen LogP contribution in [0.1, 0.15) is 44.2 Å². The standard InChI is InChI=1S/C17H19BrN2O3/c1-10-14(16(21)23-13-4-2-3-5-13)15(20-17(22)19-10)11-6-8-12(18)9-7-11/h6-9,13,15H,2-5H2,1H3,(H2,19,20,22)/t15-/m0/s1. The largest absolute Gasteiger partial charge is 0.459 e. The van der Waals surface area contributed by atoms with Crippen LogP contribution in [0.5, 0.6) is 0 Å². The second-order valence-corrected chi connectivity index (χ2v) is 6.85. The molecule has 0 spiro atoms. The molecule has 1 heterocycles. The molecular formula is C17H19BrN2O3. The van der Waals surface area contributed by atoms with Crippen LogP contribution in [0.25, 0.3) is 0 Å². The zero-order valence-corrected chi connectivity index (χ0v) is 14.5. The van der Waals surface area contributed by atoms with Crippen LogP contribution in [-0.4, -0.2) is 18.1 Å². The van der Waals surface area contributed by atoms with Crippen LogP contribution < -0.4 is 10.6 Å². The Morgan fingerprint density at radius 2 is 1.87 bits per heavy atom. The number of rotatable bonds is 3. The van der Waals surface area contributed by atoms with Crippen molar-refractivity contribution in [3.05, 3.63) is 45.6 Å². The molecule has 1 aromatic rings. The summed E-state index contributed by atoms with van der Waals surface area (Å²) in [5.74, 6) is -0.352. The Balaban J connectivity index is 1.88. The van der Waals surface area contributed by atoms with Gasteiger partial charge >= 0.3 is 12.0 Å². The predicted molar refractivity (Wildman–Crippen MR) is 89.6 cm³/mol. The summed E-state index contributed by atoms with van der Waals surface area (Å²) in [5.41, 5.74) is 1.87. The van der Waals surface area contributed by atoms with Crippen molar-refractivity contribution in [2.24, 2.45) is 0 Å². The van der Waals surface area contributed by atoms with Crippen LogP contribution in [-0.2, 0) is 9.53 Å². The lowest BCUT2D eigenvalue weighted by Gasteiger charge is -2.29. The molecule has 0 bridgehead atoms. The van der Waals surface area contributed by atoms with E-state index in [2.05, 4.69) is 26.6 Å². The van der Waals surface area contributed by atoms with E-state index in [0.29, 0.717) is 11.3 Å². The zero-order chi connectivity index (χ0) is 16.4. The van der Waals surface area contributed by atoms with Gasteiger partial charge in [0.1, 0.15) is 6.10 Å². The number of nitrogens with one attached hydrogen (secondary N) is 2. The summed E-state index contributed by atoms with van der Waals surface area (Å²) in [6.45, 7) is 1.73. The minimum absolute atomic E-state index is 0.00834. The van der Waals surface area contributed by atoms with E-state index in [1.807, 2.05) is 24.3 Å². The van der Waals surface area contributed by atoms with Crippen LogP contribution in [0, 0.1) is 0 Å². The van der Waals surface area contributed by atoms with Crippen molar-refractivity contribution in [2.45, 2.75) is 44.8 Å². The van der Waals surface area contributed by atoms with Gasteiger partial charge in [-0.05, 0) is 50.3 Å². The molecule has 2 aliphatic rings. The first-order valence-electron chi connectivity index (χ1n) is 7.79. The van der Waals surface area contributed by atoms with Crippen molar-refractivity contribution in [1.82, 2.24) is 10.6 Å². The molecule has 2 amide bonds. The van der Waals surface area contributed by atoms with Crippen molar-refractivity contribution in [3.63, 3.8) is 0 Å². The van der Waals surface area contributed by atoms with E-state index >= 15 is 0 Å². The number of ether oxygens (including phenoxy) is 1. The topological polar surface area (TPSA) is 67.4 Å². The highest BCUT2D eigenvalue weighted by molar-refractivity contribution is 9.10. The highest BCUT2D eigenvalue weighted by Crippen LogP contribution is 2.30. The molecule has 1 aliphatic heterocycles. The van der Waals surface area contributed by atoms with Crippen LogP contribution >= 0.6 is 15.9 Å². The number of carbonyl (C=O) groups is 2. The molecule has 0 saturated heterocycles. The van der Waals surface area contributed by atoms with Crippen molar-refractivity contribution < 1.29 is 14.3 Å². The molecule has 1 fully saturated rings. The highest BCUT2D eigenvalue weighted by Gasteiger charge is 2.33. The van der Waals surface area contributed by atoms with Crippen molar-refractivity contribution in [2.75, 3.05) is 0 Å². The summed E-state index contributed by atoms with van der Waals surface area (Å²) in [6.07, 6.45) is 4.02. The number of amides is 2. The fourth-order valence-electron chi connectivity index (χ4n) is 3.09. The van der Waals surface area contributed by atoms with Gasteiger partial charge in [-0.3, -0.25) is 0 Å². The smallest absolute Gasteiger partial charge is 0.338 e. The van der Waals surface area contributed by atoms with E-state index < -0.39 is 6.04 Å². The van der Waals surface area contributed by atoms with Gasteiger partial charge in [0.25, 0.3) is 0 Å². The molecule has 6 heteroatoms. The van der Waals surface area contributed by atoms with Gasteiger partial charge < -0.3 is 15.4 Å². The molecular weight excluding hydrogens is 360 g/mol. The van der Waals surface area contributed by atoms with Crippen LogP contribution in [0.2, 0.25) is 0 Å². The molecule has 1 aromatic carbocycles. The number of benzene rings is 1. The van der Waals surface area contributed by atoms with Crippen molar-refractivity contribution >= 4 is 27.9 Å². The molecule has 1 atom stereocenters. The fraction of sp³-hybridized carbons (Fsp3) is 0.412. The Kier molecular flexibility index (Phi) is 4.71. The SMILES string of the molecule is CC1=C(C(=O)OC2CCCC2)[C@H](c2ccc(Br)cc2)NC(=O)N1. The number of esters is 1. The summed E-state index contributed by atoms with van der Waals surface area (Å²) in [7, 11) is 0. The van der Waals surface area contributed by atoms with Gasteiger partial charge in [-0.1, -0.05) is 28.1 Å². The quantitative estimate of drug-likeness (QED) is 0.790. The van der Waals surface area contributed by atoms with E-state index in [9.17, 15) is 9.59 Å². The third kappa shape index (κ3) is 3.58. The average Bonchev–Trinajstić information content (AvgIpc) is 3.00. The number of allylic oxidation sites excluding steroid dienone is 1. The average molecular weight is 379 g/mol. The van der Waals surface area contributed by atoms with Crippen molar-refractivity contribution in [1.29, 1.82) is 0 Å². The minimum atomic E-state index is -0.495. The molecule has 0 unspecified atom stereocenters. The minimum Gasteiger partial charge on any atom is -0.459 e. The van der Waals surface area contributed by atoms with Crippen LogP contribution in [0.15, 0.2) is 40.0 Å². The molecule has 5 nitrogen and oxygen atoms in total. The van der Waals surface area contributed by atoms with Gasteiger partial charge in [-0.15, -0.1) is 0 Å². The Morgan fingerprint density at radius 3 is 2.52 bits per heavy atom. The first-order chi connectivity index (χ1) is 11.0. The Morgan fingerprint density at radius 1 is 1.22 bits per heavy atom. The number of hydrogen-bond acceptors (Lipinski definition) is 3. The summed E-state index contributed by atoms with van der Waals surface area (Å²) in [6, 6.07) is 6.74. The van der Waals surface area contributed by atoms with Gasteiger partial charge in [0.2, 0.25) is 0 Å². The number of carbonyl (C=O) groups excluding carboxylic acids is 2. The van der Waals surface area contributed by atoms with E-state index in [1.165, 1.54) is 0 Å². The van der Waals surface area contributed by atoms with E-state index in [4.69, 9.17) is 4.74 Å². The normalized spacial score (nSPS) is 21.8. The lowest BCUT2D eigenvalue weighted by atomic mass is 9.95. The molecule has 122 valence electrons. The highest BCUT2D eigenvalue weighted by atomic mass is 79.9. The maximum atomic E-state index is 12.6. The predicted octanol–water partition coefficient (Wildman–Crippen LogP) is 3.56. The molecule has 2 N–H and O–H groups in total. The fourth-order valence-corrected chi connectivity index (χ4v) is 3.36. The number of hydrogen-bond donors (Lipinski definition) is 2. The number of halogens is 1. The first-order valence-corrected chi connectivity index (χ1v) is 8.58. The van der Waals surface area contributed by atoms with Crippen LogP contribution in [0.4, 0.5) is 4.79 Å². The Hall–Kier alpha value is -1.82. The van der Waals surface area contributed by atoms with Crippen LogP contribution in [0.3, 0.4) is 0 Å². The molecule has 0 aromatic heterocycles. The maximum Gasteiger partial charge on any atom is 0.338 e. The molecule has 1 saturated carbocycles. The van der Waals surface area contributed by atoms with Gasteiger partial charge in [-0.2, -0.15) is 0 Å². The van der Waals surface area contributed by atoms with Gasteiger partial charge in [0.05, 0.1) is 11.6 Å². The second-order valence-electron chi connectivity index (χ2n) is 5.93. The molecule has 1 aliphatic carbocycles. The summed E-state index contributed by atoms with van der Waals surface area (Å²) in [5, 5.41) is 5.48. The Bertz CT molecular complexity index is 648. The second kappa shape index (κ2) is 6.74. The van der Waals surface area contributed by atoms with Gasteiger partial charge in [0.15, 0.2) is 0 Å². The first kappa shape index (κ1) is 16.1. The Labute approximate surface area is 143 Å². The van der Waals surface area contributed by atoms with Gasteiger partial charge in [-0.25, -0.2) is 9.59 Å². The third-order valence-electron chi connectivity index (χ3n) is 4.27. The third-order valence-corrected chi connectivity index (χ3v) is 4.80. The lowest BCUT2D eigenvalue weighted by molar-refractivity contribution is -0.144. The lowest BCUT2D eigenvalue weighted by Crippen LogP contribution is -2.45. The van der Waals surface area contributed by atoms with E-state index in [0.717, 1.165) is 35.7 Å². The van der Waals surface area contributed by atoms with E-state index in [-0.39, 0.29) is 18.1 Å². The molecule has 0 radical (unpaired) electrons. The van der Waals surface area contributed by atoms with Gasteiger partial charge in [0, 0.05) is 10.2 Å². The number of urea groups is 1. The summed E-state index contributed by atoms with van der Waals surface area (Å²) >= 11 is 3.39. The molecule has 23 heavy (non-hydrogen) atoms. The molecule has 3 rings (SSSR count). The summed E-state index contributed by atoms with van der Waals surface area (Å²) < 4.78 is 6.58. The zero-order valence-electron chi connectivity index (χ0n) is 12.9.